The van der Waals surface area contributed by atoms with Crippen LogP contribution >= 0.6 is 0 Å². The van der Waals surface area contributed by atoms with Crippen LogP contribution in [0.4, 0.5) is 5.69 Å². The van der Waals surface area contributed by atoms with E-state index in [1.165, 1.54) is 0 Å². The van der Waals surface area contributed by atoms with Crippen molar-refractivity contribution in [3.8, 4) is 0 Å². The minimum Gasteiger partial charge on any atom is -0.409 e. The molecule has 0 aromatic carbocycles. The summed E-state index contributed by atoms with van der Waals surface area (Å²) in [6.07, 6.45) is 2.62. The van der Waals surface area contributed by atoms with Crippen LogP contribution in [0.5, 0.6) is 0 Å². The molecule has 0 bridgehead atoms. The number of hydrogen-bond donors (Lipinski definition) is 2. The number of aromatic nitrogens is 1. The molecule has 0 aliphatic heterocycles. The van der Waals surface area contributed by atoms with Crippen LogP contribution in [0.1, 0.15) is 12.1 Å². The second kappa shape index (κ2) is 9.11. The highest BCUT2D eigenvalue weighted by molar-refractivity contribution is 5.95. The van der Waals surface area contributed by atoms with Crippen molar-refractivity contribution in [2.75, 3.05) is 45.4 Å². The molecule has 112 valence electrons. The number of oxime groups is 1. The lowest BCUT2D eigenvalue weighted by Gasteiger charge is -2.24. The van der Waals surface area contributed by atoms with Crippen LogP contribution in [0, 0.1) is 0 Å². The van der Waals surface area contributed by atoms with E-state index in [1.807, 2.05) is 6.07 Å². The summed E-state index contributed by atoms with van der Waals surface area (Å²) < 4.78 is 10.2. The van der Waals surface area contributed by atoms with Crippen molar-refractivity contribution < 1.29 is 14.7 Å². The Bertz CT molecular complexity index is 409. The van der Waals surface area contributed by atoms with Crippen LogP contribution in [0.25, 0.3) is 0 Å². The second-order valence-electron chi connectivity index (χ2n) is 4.21. The molecule has 0 atom stereocenters. The van der Waals surface area contributed by atoms with Crippen LogP contribution in [-0.4, -0.2) is 56.5 Å². The molecule has 7 nitrogen and oxygen atoms in total. The third kappa shape index (κ3) is 5.02. The topological polar surface area (TPSA) is 93.2 Å². The molecule has 0 aliphatic carbocycles. The van der Waals surface area contributed by atoms with Crippen molar-refractivity contribution in [1.82, 2.24) is 4.98 Å². The fourth-order valence-electron chi connectivity index (χ4n) is 1.75. The Morgan fingerprint density at radius 3 is 2.60 bits per heavy atom. The zero-order valence-electron chi connectivity index (χ0n) is 12.0. The summed E-state index contributed by atoms with van der Waals surface area (Å²) >= 11 is 0. The molecule has 3 N–H and O–H groups in total. The highest BCUT2D eigenvalue weighted by Gasteiger charge is 2.08. The predicted molar refractivity (Wildman–Crippen MR) is 77.3 cm³/mol. The Hall–Kier alpha value is -1.86. The third-order valence-corrected chi connectivity index (χ3v) is 2.83. The van der Waals surface area contributed by atoms with E-state index in [4.69, 9.17) is 20.4 Å². The summed E-state index contributed by atoms with van der Waals surface area (Å²) in [6.45, 7) is 2.96. The third-order valence-electron chi connectivity index (χ3n) is 2.83. The molecule has 1 rings (SSSR count). The monoisotopic (exact) mass is 282 g/mol. The van der Waals surface area contributed by atoms with Crippen LogP contribution in [0.3, 0.4) is 0 Å². The van der Waals surface area contributed by atoms with Gasteiger partial charge in [-0.3, -0.25) is 4.98 Å². The fourth-order valence-corrected chi connectivity index (χ4v) is 1.75. The number of nitrogens with zero attached hydrogens (tertiary/aromatic N) is 3. The summed E-state index contributed by atoms with van der Waals surface area (Å²) in [5, 5.41) is 11.5. The molecule has 0 amide bonds. The van der Waals surface area contributed by atoms with E-state index in [-0.39, 0.29) is 5.84 Å². The van der Waals surface area contributed by atoms with Gasteiger partial charge in [-0.05, 0) is 18.6 Å². The number of methoxy groups -OCH3 is 2. The number of amidine groups is 1. The first-order valence-electron chi connectivity index (χ1n) is 6.39. The Morgan fingerprint density at radius 1 is 1.30 bits per heavy atom. The zero-order chi connectivity index (χ0) is 14.8. The molecule has 0 aliphatic rings. The largest absolute Gasteiger partial charge is 0.409 e. The van der Waals surface area contributed by atoms with Gasteiger partial charge in [0.2, 0.25) is 0 Å². The molecule has 7 heteroatoms. The normalized spacial score (nSPS) is 11.6. The Kier molecular flexibility index (Phi) is 7.38. The minimum absolute atomic E-state index is 0.000579. The highest BCUT2D eigenvalue weighted by atomic mass is 16.5. The van der Waals surface area contributed by atoms with Crippen molar-refractivity contribution in [1.29, 1.82) is 0 Å². The number of nitrogens with two attached hydrogens (primary N) is 1. The number of ether oxygens (including phenoxy) is 2. The fraction of sp³-hybridized carbons (Fsp3) is 0.538. The van der Waals surface area contributed by atoms with E-state index >= 15 is 0 Å². The maximum absolute atomic E-state index is 8.61. The van der Waals surface area contributed by atoms with Crippen LogP contribution in [-0.2, 0) is 9.47 Å². The minimum atomic E-state index is -0.000579. The summed E-state index contributed by atoms with van der Waals surface area (Å²) in [7, 11) is 3.36. The first-order valence-corrected chi connectivity index (χ1v) is 6.39. The van der Waals surface area contributed by atoms with E-state index in [0.29, 0.717) is 18.9 Å². The molecular formula is C13H22N4O3. The Labute approximate surface area is 119 Å². The number of hydrogen-bond acceptors (Lipinski definition) is 6. The SMILES string of the molecule is COCCCN(CCOC)c1ccc(/C(N)=N/O)nc1. The van der Waals surface area contributed by atoms with Gasteiger partial charge in [-0.1, -0.05) is 5.16 Å². The number of anilines is 1. The van der Waals surface area contributed by atoms with E-state index in [2.05, 4.69) is 15.0 Å². The van der Waals surface area contributed by atoms with Gasteiger partial charge >= 0.3 is 0 Å². The van der Waals surface area contributed by atoms with Crippen molar-refractivity contribution in [2.45, 2.75) is 6.42 Å². The van der Waals surface area contributed by atoms with E-state index < -0.39 is 0 Å². The average molecular weight is 282 g/mol. The van der Waals surface area contributed by atoms with Crippen molar-refractivity contribution in [3.63, 3.8) is 0 Å². The summed E-state index contributed by atoms with van der Waals surface area (Å²) in [6, 6.07) is 3.61. The lowest BCUT2D eigenvalue weighted by molar-refractivity contribution is 0.191. The van der Waals surface area contributed by atoms with Gasteiger partial charge in [0, 0.05) is 33.9 Å². The first kappa shape index (κ1) is 16.2. The maximum Gasteiger partial charge on any atom is 0.188 e. The first-order chi connectivity index (χ1) is 9.72. The van der Waals surface area contributed by atoms with Gasteiger partial charge in [-0.2, -0.15) is 0 Å². The second-order valence-corrected chi connectivity index (χ2v) is 4.21. The van der Waals surface area contributed by atoms with Crippen molar-refractivity contribution >= 4 is 11.5 Å². The standard InChI is InChI=1S/C13H22N4O3/c1-19-8-3-6-17(7-9-20-2)11-4-5-12(15-10-11)13(14)16-18/h4-5,10,18H,3,6-9H2,1-2H3,(H2,14,16). The van der Waals surface area contributed by atoms with Gasteiger partial charge in [0.15, 0.2) is 5.84 Å². The molecule has 1 aromatic heterocycles. The summed E-state index contributed by atoms with van der Waals surface area (Å²) in [5.74, 6) is -0.000579. The van der Waals surface area contributed by atoms with Gasteiger partial charge < -0.3 is 25.3 Å². The molecule has 1 heterocycles. The van der Waals surface area contributed by atoms with Gasteiger partial charge in [0.05, 0.1) is 18.5 Å². The highest BCUT2D eigenvalue weighted by Crippen LogP contribution is 2.13. The van der Waals surface area contributed by atoms with Crippen LogP contribution < -0.4 is 10.6 Å². The van der Waals surface area contributed by atoms with Gasteiger partial charge in [0.1, 0.15) is 5.69 Å². The van der Waals surface area contributed by atoms with E-state index in [1.54, 1.807) is 26.5 Å². The summed E-state index contributed by atoms with van der Waals surface area (Å²) in [4.78, 5) is 6.34. The van der Waals surface area contributed by atoms with Crippen molar-refractivity contribution in [3.05, 3.63) is 24.0 Å². The van der Waals surface area contributed by atoms with E-state index in [9.17, 15) is 0 Å². The van der Waals surface area contributed by atoms with Gasteiger partial charge in [-0.25, -0.2) is 0 Å². The van der Waals surface area contributed by atoms with Crippen LogP contribution in [0.2, 0.25) is 0 Å². The molecule has 0 radical (unpaired) electrons. The van der Waals surface area contributed by atoms with Crippen molar-refractivity contribution in [2.24, 2.45) is 10.9 Å². The molecule has 20 heavy (non-hydrogen) atoms. The quantitative estimate of drug-likeness (QED) is 0.227. The lowest BCUT2D eigenvalue weighted by Crippen LogP contribution is -2.29. The molecule has 0 saturated carbocycles. The smallest absolute Gasteiger partial charge is 0.188 e. The molecule has 0 fully saturated rings. The van der Waals surface area contributed by atoms with E-state index in [0.717, 1.165) is 25.2 Å². The average Bonchev–Trinajstić information content (AvgIpc) is 2.50. The summed E-state index contributed by atoms with van der Waals surface area (Å²) in [5.41, 5.74) is 6.90. The lowest BCUT2D eigenvalue weighted by atomic mass is 10.2. The van der Waals surface area contributed by atoms with Gasteiger partial charge in [0.25, 0.3) is 0 Å². The predicted octanol–water partition coefficient (Wildman–Crippen LogP) is 0.665. The van der Waals surface area contributed by atoms with Crippen LogP contribution in [0.15, 0.2) is 23.5 Å². The molecule has 0 saturated heterocycles. The number of rotatable bonds is 9. The zero-order valence-corrected chi connectivity index (χ0v) is 12.0. The Morgan fingerprint density at radius 2 is 2.05 bits per heavy atom. The molecule has 1 aromatic rings. The molecule has 0 spiro atoms. The molecular weight excluding hydrogens is 260 g/mol. The molecule has 0 unspecified atom stereocenters. The van der Waals surface area contributed by atoms with Gasteiger partial charge in [-0.15, -0.1) is 0 Å². The Balaban J connectivity index is 2.73. The number of pyridine rings is 1. The maximum atomic E-state index is 8.61.